The summed E-state index contributed by atoms with van der Waals surface area (Å²) in [5.74, 6) is -0.949. The first-order valence-corrected chi connectivity index (χ1v) is 6.83. The van der Waals surface area contributed by atoms with Crippen LogP contribution < -0.4 is 0 Å². The molecule has 104 valence electrons. The van der Waals surface area contributed by atoms with Gasteiger partial charge in [-0.2, -0.15) is 0 Å². The second-order valence-corrected chi connectivity index (χ2v) is 5.42. The van der Waals surface area contributed by atoms with Crippen LogP contribution in [0.1, 0.15) is 24.5 Å². The zero-order valence-corrected chi connectivity index (χ0v) is 11.4. The van der Waals surface area contributed by atoms with Gasteiger partial charge in [0.2, 0.25) is 0 Å². The van der Waals surface area contributed by atoms with Crippen LogP contribution in [-0.2, 0) is 4.79 Å². The van der Waals surface area contributed by atoms with Crippen LogP contribution in [0, 0.1) is 5.92 Å². The van der Waals surface area contributed by atoms with Crippen LogP contribution in [0.5, 0.6) is 0 Å². The van der Waals surface area contributed by atoms with Crippen molar-refractivity contribution in [2.24, 2.45) is 5.92 Å². The largest absolute Gasteiger partial charge is 0.481 e. The number of piperidine rings is 1. The number of aliphatic carboxylic acids is 1. The second kappa shape index (κ2) is 6.37. The maximum absolute atomic E-state index is 10.9. The van der Waals surface area contributed by atoms with Crippen molar-refractivity contribution in [2.45, 2.75) is 18.9 Å². The number of hydrogen-bond acceptors (Lipinski definition) is 3. The highest BCUT2D eigenvalue weighted by atomic mass is 35.5. The van der Waals surface area contributed by atoms with Crippen LogP contribution in [0.15, 0.2) is 24.3 Å². The molecule has 0 saturated carbocycles. The summed E-state index contributed by atoms with van der Waals surface area (Å²) in [4.78, 5) is 13.0. The summed E-state index contributed by atoms with van der Waals surface area (Å²) in [6.45, 7) is 1.95. The first-order valence-electron chi connectivity index (χ1n) is 6.45. The molecule has 5 heteroatoms. The fraction of sp³-hybridized carbons (Fsp3) is 0.500. The van der Waals surface area contributed by atoms with Gasteiger partial charge in [0.05, 0.1) is 12.0 Å². The van der Waals surface area contributed by atoms with Gasteiger partial charge in [-0.15, -0.1) is 0 Å². The lowest BCUT2D eigenvalue weighted by Gasteiger charge is -2.31. The standard InChI is InChI=1S/C14H18ClNO3/c15-12-3-1-2-11(8-12)13(17)9-16-6-4-10(5-7-16)14(18)19/h1-3,8,10,13,17H,4-7,9H2,(H,18,19). The van der Waals surface area contributed by atoms with Gasteiger partial charge in [0.15, 0.2) is 0 Å². The Bertz CT molecular complexity index is 444. The van der Waals surface area contributed by atoms with Crippen LogP contribution in [-0.4, -0.2) is 40.7 Å². The minimum Gasteiger partial charge on any atom is -0.481 e. The topological polar surface area (TPSA) is 60.8 Å². The summed E-state index contributed by atoms with van der Waals surface area (Å²) < 4.78 is 0. The summed E-state index contributed by atoms with van der Waals surface area (Å²) in [6.07, 6.45) is 0.718. The number of carboxylic acid groups (broad SMARTS) is 1. The molecule has 1 saturated heterocycles. The molecule has 1 aromatic rings. The maximum Gasteiger partial charge on any atom is 0.306 e. The summed E-state index contributed by atoms with van der Waals surface area (Å²) in [7, 11) is 0. The SMILES string of the molecule is O=C(O)C1CCN(CC(O)c2cccc(Cl)c2)CC1. The summed E-state index contributed by atoms with van der Waals surface area (Å²) in [5, 5.41) is 19.7. The Morgan fingerprint density at radius 3 is 2.68 bits per heavy atom. The summed E-state index contributed by atoms with van der Waals surface area (Å²) in [6, 6.07) is 7.20. The maximum atomic E-state index is 10.9. The van der Waals surface area contributed by atoms with Gasteiger partial charge in [-0.1, -0.05) is 23.7 Å². The Balaban J connectivity index is 1.87. The molecular weight excluding hydrogens is 266 g/mol. The molecule has 0 aromatic heterocycles. The Morgan fingerprint density at radius 1 is 1.42 bits per heavy atom. The molecule has 1 atom stereocenters. The van der Waals surface area contributed by atoms with Crippen molar-refractivity contribution in [3.63, 3.8) is 0 Å². The first kappa shape index (κ1) is 14.3. The molecule has 0 aliphatic carbocycles. The molecule has 0 radical (unpaired) electrons. The van der Waals surface area contributed by atoms with Crippen LogP contribution in [0.25, 0.3) is 0 Å². The van der Waals surface area contributed by atoms with Crippen molar-refractivity contribution in [2.75, 3.05) is 19.6 Å². The number of carbonyl (C=O) groups is 1. The molecule has 1 heterocycles. The lowest BCUT2D eigenvalue weighted by atomic mass is 9.96. The molecule has 1 aromatic carbocycles. The lowest BCUT2D eigenvalue weighted by molar-refractivity contribution is -0.143. The van der Waals surface area contributed by atoms with Gasteiger partial charge in [0.1, 0.15) is 0 Å². The minimum atomic E-state index is -0.713. The average Bonchev–Trinajstić information content (AvgIpc) is 2.39. The third-order valence-corrected chi connectivity index (χ3v) is 3.84. The smallest absolute Gasteiger partial charge is 0.306 e. The van der Waals surface area contributed by atoms with Crippen molar-refractivity contribution < 1.29 is 15.0 Å². The van der Waals surface area contributed by atoms with E-state index in [0.29, 0.717) is 37.5 Å². The highest BCUT2D eigenvalue weighted by molar-refractivity contribution is 6.30. The third kappa shape index (κ3) is 3.93. The number of halogens is 1. The van der Waals surface area contributed by atoms with Crippen LogP contribution >= 0.6 is 11.6 Å². The van der Waals surface area contributed by atoms with Crippen molar-refractivity contribution in [1.82, 2.24) is 4.90 Å². The summed E-state index contributed by atoms with van der Waals surface area (Å²) >= 11 is 5.90. The van der Waals surface area contributed by atoms with Crippen molar-refractivity contribution in [1.29, 1.82) is 0 Å². The number of rotatable bonds is 4. The van der Waals surface area contributed by atoms with Gasteiger partial charge in [-0.05, 0) is 43.6 Å². The van der Waals surface area contributed by atoms with E-state index in [4.69, 9.17) is 16.7 Å². The molecule has 0 amide bonds. The van der Waals surface area contributed by atoms with Crippen molar-refractivity contribution in [3.05, 3.63) is 34.9 Å². The van der Waals surface area contributed by atoms with E-state index in [9.17, 15) is 9.90 Å². The van der Waals surface area contributed by atoms with E-state index in [1.807, 2.05) is 12.1 Å². The molecule has 1 fully saturated rings. The average molecular weight is 284 g/mol. The molecule has 19 heavy (non-hydrogen) atoms. The minimum absolute atomic E-state index is 0.237. The molecule has 2 N–H and O–H groups in total. The van der Waals surface area contributed by atoms with Gasteiger partial charge >= 0.3 is 5.97 Å². The van der Waals surface area contributed by atoms with E-state index in [1.165, 1.54) is 0 Å². The number of β-amino-alcohol motifs (C(OH)–C–C–N with tert-alkyl or cyclic N) is 1. The van der Waals surface area contributed by atoms with E-state index < -0.39 is 12.1 Å². The predicted octanol–water partition coefficient (Wildman–Crippen LogP) is 2.17. The van der Waals surface area contributed by atoms with E-state index in [0.717, 1.165) is 5.56 Å². The van der Waals surface area contributed by atoms with Crippen LogP contribution in [0.3, 0.4) is 0 Å². The summed E-state index contributed by atoms with van der Waals surface area (Å²) in [5.41, 5.74) is 0.799. The van der Waals surface area contributed by atoms with E-state index >= 15 is 0 Å². The Labute approximate surface area is 117 Å². The zero-order chi connectivity index (χ0) is 13.8. The van der Waals surface area contributed by atoms with Crippen molar-refractivity contribution >= 4 is 17.6 Å². The second-order valence-electron chi connectivity index (χ2n) is 4.98. The molecule has 4 nitrogen and oxygen atoms in total. The molecule has 1 aliphatic rings. The number of carboxylic acids is 1. The highest BCUT2D eigenvalue weighted by Crippen LogP contribution is 2.22. The van der Waals surface area contributed by atoms with Gasteiger partial charge < -0.3 is 15.1 Å². The first-order chi connectivity index (χ1) is 9.06. The number of benzene rings is 1. The normalized spacial score (nSPS) is 19.3. The predicted molar refractivity (Wildman–Crippen MR) is 73.2 cm³/mol. The number of aliphatic hydroxyl groups is 1. The van der Waals surface area contributed by atoms with E-state index in [1.54, 1.807) is 12.1 Å². The molecular formula is C14H18ClNO3. The fourth-order valence-corrected chi connectivity index (χ4v) is 2.63. The lowest BCUT2D eigenvalue weighted by Crippen LogP contribution is -2.38. The Hall–Kier alpha value is -1.10. The van der Waals surface area contributed by atoms with Gasteiger partial charge in [0, 0.05) is 11.6 Å². The third-order valence-electron chi connectivity index (χ3n) is 3.60. The van der Waals surface area contributed by atoms with Gasteiger partial charge in [-0.25, -0.2) is 0 Å². The van der Waals surface area contributed by atoms with Gasteiger partial charge in [-0.3, -0.25) is 4.79 Å². The number of likely N-dealkylation sites (tertiary alicyclic amines) is 1. The fourth-order valence-electron chi connectivity index (χ4n) is 2.43. The van der Waals surface area contributed by atoms with E-state index in [2.05, 4.69) is 4.90 Å². The van der Waals surface area contributed by atoms with E-state index in [-0.39, 0.29) is 5.92 Å². The number of hydrogen-bond donors (Lipinski definition) is 2. The molecule has 1 aliphatic heterocycles. The number of nitrogens with zero attached hydrogens (tertiary/aromatic N) is 1. The molecule has 2 rings (SSSR count). The molecule has 1 unspecified atom stereocenters. The Kier molecular flexibility index (Phi) is 4.80. The monoisotopic (exact) mass is 283 g/mol. The number of aliphatic hydroxyl groups excluding tert-OH is 1. The molecule has 0 bridgehead atoms. The quantitative estimate of drug-likeness (QED) is 0.889. The van der Waals surface area contributed by atoms with Crippen LogP contribution in [0.4, 0.5) is 0 Å². The van der Waals surface area contributed by atoms with Crippen LogP contribution in [0.2, 0.25) is 5.02 Å². The highest BCUT2D eigenvalue weighted by Gasteiger charge is 2.25. The van der Waals surface area contributed by atoms with Crippen molar-refractivity contribution in [3.8, 4) is 0 Å². The molecule has 0 spiro atoms. The van der Waals surface area contributed by atoms with Gasteiger partial charge in [0.25, 0.3) is 0 Å². The Morgan fingerprint density at radius 2 is 2.11 bits per heavy atom. The zero-order valence-electron chi connectivity index (χ0n) is 10.6.